The van der Waals surface area contributed by atoms with Crippen molar-refractivity contribution in [2.45, 2.75) is 26.3 Å². The smallest absolute Gasteiger partial charge is 0.226 e. The van der Waals surface area contributed by atoms with Crippen LogP contribution in [0.15, 0.2) is 47.1 Å². The molecule has 0 bridgehead atoms. The molecule has 2 aromatic heterocycles. The van der Waals surface area contributed by atoms with Gasteiger partial charge in [0.2, 0.25) is 11.8 Å². The molecule has 0 saturated carbocycles. The van der Waals surface area contributed by atoms with Crippen molar-refractivity contribution in [1.82, 2.24) is 25.3 Å². The third-order valence-electron chi connectivity index (χ3n) is 3.25. The van der Waals surface area contributed by atoms with Gasteiger partial charge in [0, 0.05) is 6.42 Å². The summed E-state index contributed by atoms with van der Waals surface area (Å²) >= 11 is 0. The van der Waals surface area contributed by atoms with E-state index in [-0.39, 0.29) is 18.9 Å². The lowest BCUT2D eigenvalue weighted by Crippen LogP contribution is -2.24. The molecule has 3 aromatic rings. The van der Waals surface area contributed by atoms with E-state index in [4.69, 9.17) is 4.42 Å². The van der Waals surface area contributed by atoms with Gasteiger partial charge in [0.05, 0.1) is 36.7 Å². The summed E-state index contributed by atoms with van der Waals surface area (Å²) in [5, 5.41) is 11.2. The average molecular weight is 311 g/mol. The maximum Gasteiger partial charge on any atom is 0.226 e. The van der Waals surface area contributed by atoms with E-state index in [0.29, 0.717) is 11.6 Å². The number of carbonyl (C=O) groups excluding carboxylic acids is 1. The Bertz CT molecular complexity index is 779. The number of oxazole rings is 1. The van der Waals surface area contributed by atoms with Crippen molar-refractivity contribution in [2.24, 2.45) is 0 Å². The standard InChI is InChI=1S/C16H17N5O2/c1-2-14-10-18-16(23-14)11-17-15(22)8-12-9-19-21(20-12)13-6-4-3-5-7-13/h3-7,9-10H,2,8,11H2,1H3,(H,17,22). The zero-order valence-corrected chi connectivity index (χ0v) is 12.8. The maximum absolute atomic E-state index is 12.0. The lowest BCUT2D eigenvalue weighted by molar-refractivity contribution is -0.120. The van der Waals surface area contributed by atoms with Gasteiger partial charge in [-0.3, -0.25) is 4.79 Å². The molecule has 0 fully saturated rings. The van der Waals surface area contributed by atoms with E-state index in [0.717, 1.165) is 17.9 Å². The van der Waals surface area contributed by atoms with Crippen molar-refractivity contribution in [3.05, 3.63) is 60.1 Å². The summed E-state index contributed by atoms with van der Waals surface area (Å²) in [6.07, 6.45) is 4.21. The largest absolute Gasteiger partial charge is 0.444 e. The monoisotopic (exact) mass is 311 g/mol. The number of carbonyl (C=O) groups is 1. The van der Waals surface area contributed by atoms with Gasteiger partial charge in [0.25, 0.3) is 0 Å². The summed E-state index contributed by atoms with van der Waals surface area (Å²) in [5.74, 6) is 1.16. The van der Waals surface area contributed by atoms with E-state index in [9.17, 15) is 4.79 Å². The van der Waals surface area contributed by atoms with Gasteiger partial charge in [-0.1, -0.05) is 25.1 Å². The van der Waals surface area contributed by atoms with E-state index in [1.807, 2.05) is 37.3 Å². The molecule has 3 rings (SSSR count). The van der Waals surface area contributed by atoms with E-state index >= 15 is 0 Å². The highest BCUT2D eigenvalue weighted by Crippen LogP contribution is 2.05. The first-order valence-electron chi connectivity index (χ1n) is 7.41. The Morgan fingerprint density at radius 2 is 2.09 bits per heavy atom. The number of nitrogens with zero attached hydrogens (tertiary/aromatic N) is 4. The summed E-state index contributed by atoms with van der Waals surface area (Å²) in [4.78, 5) is 17.6. The topological polar surface area (TPSA) is 85.8 Å². The predicted octanol–water partition coefficient (Wildman–Crippen LogP) is 1.68. The Hall–Kier alpha value is -2.96. The van der Waals surface area contributed by atoms with E-state index in [1.54, 1.807) is 12.4 Å². The SMILES string of the molecule is CCc1cnc(CNC(=O)Cc2cnn(-c3ccccc3)n2)o1. The number of nitrogens with one attached hydrogen (secondary N) is 1. The Morgan fingerprint density at radius 3 is 2.83 bits per heavy atom. The molecule has 0 unspecified atom stereocenters. The highest BCUT2D eigenvalue weighted by atomic mass is 16.4. The second kappa shape index (κ2) is 6.87. The number of aryl methyl sites for hydroxylation is 1. The third-order valence-corrected chi connectivity index (χ3v) is 3.25. The van der Waals surface area contributed by atoms with E-state index in [1.165, 1.54) is 4.80 Å². The van der Waals surface area contributed by atoms with Crippen LogP contribution in [0.3, 0.4) is 0 Å². The summed E-state index contributed by atoms with van der Waals surface area (Å²) in [6.45, 7) is 2.25. The molecule has 0 aliphatic rings. The molecule has 1 amide bonds. The Balaban J connectivity index is 1.55. The first kappa shape index (κ1) is 15.0. The van der Waals surface area contributed by atoms with Crippen LogP contribution in [0.2, 0.25) is 0 Å². The van der Waals surface area contributed by atoms with Gasteiger partial charge in [-0.15, -0.1) is 0 Å². The fraction of sp³-hybridized carbons (Fsp3) is 0.250. The Kier molecular flexibility index (Phi) is 4.46. The molecule has 1 N–H and O–H groups in total. The van der Waals surface area contributed by atoms with Crippen LogP contribution >= 0.6 is 0 Å². The number of hydrogen-bond donors (Lipinski definition) is 1. The van der Waals surface area contributed by atoms with Crippen LogP contribution < -0.4 is 5.32 Å². The fourth-order valence-corrected chi connectivity index (χ4v) is 2.06. The fourth-order valence-electron chi connectivity index (χ4n) is 2.06. The van der Waals surface area contributed by atoms with Gasteiger partial charge in [-0.2, -0.15) is 15.0 Å². The first-order valence-corrected chi connectivity index (χ1v) is 7.41. The molecule has 118 valence electrons. The molecule has 7 heteroatoms. The summed E-state index contributed by atoms with van der Waals surface area (Å²) in [7, 11) is 0. The Morgan fingerprint density at radius 1 is 1.26 bits per heavy atom. The molecule has 0 saturated heterocycles. The number of benzene rings is 1. The van der Waals surface area contributed by atoms with Gasteiger partial charge in [0.15, 0.2) is 0 Å². The van der Waals surface area contributed by atoms with Gasteiger partial charge < -0.3 is 9.73 Å². The van der Waals surface area contributed by atoms with Crippen molar-refractivity contribution in [3.8, 4) is 5.69 Å². The lowest BCUT2D eigenvalue weighted by atomic mass is 10.3. The summed E-state index contributed by atoms with van der Waals surface area (Å²) in [6, 6.07) is 9.54. The molecule has 2 heterocycles. The number of hydrogen-bond acceptors (Lipinski definition) is 5. The molecule has 7 nitrogen and oxygen atoms in total. The van der Waals surface area contributed by atoms with Crippen LogP contribution in [0.4, 0.5) is 0 Å². The normalized spacial score (nSPS) is 10.7. The van der Waals surface area contributed by atoms with Crippen LogP contribution in [-0.4, -0.2) is 25.9 Å². The number of rotatable bonds is 6. The molecule has 23 heavy (non-hydrogen) atoms. The summed E-state index contributed by atoms with van der Waals surface area (Å²) < 4.78 is 5.44. The van der Waals surface area contributed by atoms with Gasteiger partial charge in [-0.05, 0) is 12.1 Å². The van der Waals surface area contributed by atoms with Crippen molar-refractivity contribution >= 4 is 5.91 Å². The minimum Gasteiger partial charge on any atom is -0.444 e. The van der Waals surface area contributed by atoms with E-state index in [2.05, 4.69) is 20.5 Å². The van der Waals surface area contributed by atoms with Crippen LogP contribution in [0.25, 0.3) is 5.69 Å². The van der Waals surface area contributed by atoms with Crippen molar-refractivity contribution in [3.63, 3.8) is 0 Å². The van der Waals surface area contributed by atoms with Gasteiger partial charge >= 0.3 is 0 Å². The van der Waals surface area contributed by atoms with Gasteiger partial charge in [0.1, 0.15) is 5.76 Å². The summed E-state index contributed by atoms with van der Waals surface area (Å²) in [5.41, 5.74) is 1.46. The minimum atomic E-state index is -0.152. The van der Waals surface area contributed by atoms with E-state index < -0.39 is 0 Å². The second-order valence-corrected chi connectivity index (χ2v) is 4.99. The highest BCUT2D eigenvalue weighted by molar-refractivity contribution is 5.77. The van der Waals surface area contributed by atoms with Crippen LogP contribution in [-0.2, 0) is 24.2 Å². The molecule has 1 aromatic carbocycles. The van der Waals surface area contributed by atoms with Crippen LogP contribution in [0.5, 0.6) is 0 Å². The molecule has 0 spiro atoms. The zero-order chi connectivity index (χ0) is 16.1. The molecule has 0 radical (unpaired) electrons. The van der Waals surface area contributed by atoms with Crippen molar-refractivity contribution < 1.29 is 9.21 Å². The molecule has 0 atom stereocenters. The average Bonchev–Trinajstić information content (AvgIpc) is 3.23. The third kappa shape index (κ3) is 3.82. The number of amides is 1. The quantitative estimate of drug-likeness (QED) is 0.748. The molecular formula is C16H17N5O2. The minimum absolute atomic E-state index is 0.152. The van der Waals surface area contributed by atoms with Crippen LogP contribution in [0.1, 0.15) is 24.3 Å². The van der Waals surface area contributed by atoms with Crippen LogP contribution in [0, 0.1) is 0 Å². The van der Waals surface area contributed by atoms with Crippen molar-refractivity contribution in [2.75, 3.05) is 0 Å². The number of aromatic nitrogens is 4. The molecule has 0 aliphatic heterocycles. The first-order chi connectivity index (χ1) is 11.2. The lowest BCUT2D eigenvalue weighted by Gasteiger charge is -2.00. The van der Waals surface area contributed by atoms with Crippen molar-refractivity contribution in [1.29, 1.82) is 0 Å². The maximum atomic E-state index is 12.0. The molecule has 0 aliphatic carbocycles. The number of para-hydroxylation sites is 1. The van der Waals surface area contributed by atoms with Gasteiger partial charge in [-0.25, -0.2) is 4.98 Å². The second-order valence-electron chi connectivity index (χ2n) is 4.99. The predicted molar refractivity (Wildman–Crippen MR) is 82.8 cm³/mol. The zero-order valence-electron chi connectivity index (χ0n) is 12.8. The Labute approximate surface area is 133 Å². The molecular weight excluding hydrogens is 294 g/mol. The highest BCUT2D eigenvalue weighted by Gasteiger charge is 2.10.